The zero-order valence-electron chi connectivity index (χ0n) is 14.2. The molecule has 0 heterocycles. The second kappa shape index (κ2) is 7.15. The van der Waals surface area contributed by atoms with Gasteiger partial charge in [-0.25, -0.2) is 17.9 Å². The van der Waals surface area contributed by atoms with E-state index in [1.807, 2.05) is 32.0 Å². The minimum Gasteiger partial charge on any atom is -0.465 e. The smallest absolute Gasteiger partial charge is 0.337 e. The maximum absolute atomic E-state index is 12.6. The van der Waals surface area contributed by atoms with E-state index in [2.05, 4.69) is 9.46 Å². The molecule has 0 saturated heterocycles. The van der Waals surface area contributed by atoms with Crippen LogP contribution in [0.3, 0.4) is 0 Å². The number of carbonyl (C=O) groups excluding carboxylic acids is 1. The third kappa shape index (κ3) is 4.01. The summed E-state index contributed by atoms with van der Waals surface area (Å²) in [5.41, 5.74) is 3.25. The van der Waals surface area contributed by atoms with Crippen LogP contribution in [0.25, 0.3) is 0 Å². The molecule has 2 aromatic rings. The highest BCUT2D eigenvalue weighted by atomic mass is 32.2. The highest BCUT2D eigenvalue weighted by Gasteiger charge is 2.20. The minimum absolute atomic E-state index is 0.0296. The molecule has 0 aromatic heterocycles. The molecule has 1 atom stereocenters. The number of carbonyl (C=O) groups is 1. The van der Waals surface area contributed by atoms with Gasteiger partial charge in [0.2, 0.25) is 10.0 Å². The van der Waals surface area contributed by atoms with Crippen molar-refractivity contribution >= 4 is 16.0 Å². The van der Waals surface area contributed by atoms with Crippen molar-refractivity contribution in [2.75, 3.05) is 7.11 Å². The van der Waals surface area contributed by atoms with Crippen LogP contribution in [0.1, 0.15) is 40.0 Å². The molecule has 0 spiro atoms. The Hall–Kier alpha value is -2.18. The second-order valence-corrected chi connectivity index (χ2v) is 7.44. The van der Waals surface area contributed by atoms with E-state index >= 15 is 0 Å². The first-order chi connectivity index (χ1) is 11.2. The number of benzene rings is 2. The number of methoxy groups -OCH3 is 1. The van der Waals surface area contributed by atoms with E-state index in [1.54, 1.807) is 6.92 Å². The maximum atomic E-state index is 12.6. The van der Waals surface area contributed by atoms with E-state index in [-0.39, 0.29) is 10.5 Å². The Balaban J connectivity index is 2.29. The first-order valence-electron chi connectivity index (χ1n) is 7.52. The number of hydrogen-bond acceptors (Lipinski definition) is 4. The molecule has 2 aromatic carbocycles. The lowest BCUT2D eigenvalue weighted by molar-refractivity contribution is 0.0600. The van der Waals surface area contributed by atoms with Gasteiger partial charge in [-0.05, 0) is 50.1 Å². The molecule has 0 aliphatic carbocycles. The molecular weight excluding hydrogens is 326 g/mol. The number of aryl methyl sites for hydroxylation is 2. The Morgan fingerprint density at radius 1 is 1.12 bits per heavy atom. The molecular formula is C18H21NO4S. The van der Waals surface area contributed by atoms with E-state index in [9.17, 15) is 13.2 Å². The fourth-order valence-corrected chi connectivity index (χ4v) is 3.85. The summed E-state index contributed by atoms with van der Waals surface area (Å²) in [7, 11) is -2.50. The molecule has 5 nitrogen and oxygen atoms in total. The van der Waals surface area contributed by atoms with Crippen molar-refractivity contribution in [3.63, 3.8) is 0 Å². The molecule has 0 aliphatic heterocycles. The first kappa shape index (κ1) is 18.2. The van der Waals surface area contributed by atoms with E-state index < -0.39 is 22.0 Å². The lowest BCUT2D eigenvalue weighted by Crippen LogP contribution is -2.27. The fraction of sp³-hybridized carbons (Fsp3) is 0.278. The number of esters is 1. The molecule has 6 heteroatoms. The van der Waals surface area contributed by atoms with Crippen LogP contribution >= 0.6 is 0 Å². The third-order valence-electron chi connectivity index (χ3n) is 3.79. The Kier molecular flexibility index (Phi) is 5.41. The summed E-state index contributed by atoms with van der Waals surface area (Å²) < 4.78 is 32.5. The Morgan fingerprint density at radius 2 is 1.83 bits per heavy atom. The van der Waals surface area contributed by atoms with Gasteiger partial charge >= 0.3 is 5.97 Å². The molecule has 24 heavy (non-hydrogen) atoms. The normalized spacial score (nSPS) is 12.7. The lowest BCUT2D eigenvalue weighted by atomic mass is 10.0. The van der Waals surface area contributed by atoms with Crippen molar-refractivity contribution in [2.45, 2.75) is 31.7 Å². The van der Waals surface area contributed by atoms with Gasteiger partial charge in [0.05, 0.1) is 17.6 Å². The van der Waals surface area contributed by atoms with Gasteiger partial charge in [0.15, 0.2) is 0 Å². The van der Waals surface area contributed by atoms with Crippen molar-refractivity contribution in [2.24, 2.45) is 0 Å². The van der Waals surface area contributed by atoms with Crippen LogP contribution in [0.15, 0.2) is 47.4 Å². The third-order valence-corrected chi connectivity index (χ3v) is 5.33. The van der Waals surface area contributed by atoms with Crippen LogP contribution in [-0.2, 0) is 14.8 Å². The number of ether oxygens (including phenoxy) is 1. The summed E-state index contributed by atoms with van der Waals surface area (Å²) >= 11 is 0. The number of nitrogens with one attached hydrogen (secondary N) is 1. The van der Waals surface area contributed by atoms with Crippen molar-refractivity contribution in [3.05, 3.63) is 64.7 Å². The molecule has 128 valence electrons. The Bertz CT molecular complexity index is 859. The molecule has 0 fully saturated rings. The van der Waals surface area contributed by atoms with Crippen LogP contribution in [0.5, 0.6) is 0 Å². The molecule has 2 rings (SSSR count). The molecule has 0 bridgehead atoms. The largest absolute Gasteiger partial charge is 0.465 e. The van der Waals surface area contributed by atoms with Crippen LogP contribution in [0, 0.1) is 13.8 Å². The Morgan fingerprint density at radius 3 is 2.46 bits per heavy atom. The Labute approximate surface area is 142 Å². The topological polar surface area (TPSA) is 72.5 Å². The zero-order valence-corrected chi connectivity index (χ0v) is 15.0. The highest BCUT2D eigenvalue weighted by molar-refractivity contribution is 7.89. The molecule has 0 amide bonds. The van der Waals surface area contributed by atoms with Gasteiger partial charge in [0, 0.05) is 6.04 Å². The van der Waals surface area contributed by atoms with Crippen molar-refractivity contribution in [1.29, 1.82) is 0 Å². The molecule has 0 radical (unpaired) electrons. The maximum Gasteiger partial charge on any atom is 0.337 e. The van der Waals surface area contributed by atoms with Gasteiger partial charge < -0.3 is 4.74 Å². The minimum atomic E-state index is -3.76. The van der Waals surface area contributed by atoms with E-state index in [1.165, 1.54) is 31.4 Å². The summed E-state index contributed by atoms with van der Waals surface area (Å²) in [6.07, 6.45) is 0. The SMILES string of the molecule is COC(=O)c1cccc(S(=O)(=O)NC(C)c2ccc(C)cc2C)c1. The number of hydrogen-bond donors (Lipinski definition) is 1. The average Bonchev–Trinajstić information content (AvgIpc) is 2.53. The van der Waals surface area contributed by atoms with Gasteiger partial charge in [-0.2, -0.15) is 0 Å². The molecule has 0 aliphatic rings. The van der Waals surface area contributed by atoms with Gasteiger partial charge in [-0.1, -0.05) is 29.8 Å². The lowest BCUT2D eigenvalue weighted by Gasteiger charge is -2.17. The molecule has 0 saturated carbocycles. The quantitative estimate of drug-likeness (QED) is 0.844. The van der Waals surface area contributed by atoms with E-state index in [4.69, 9.17) is 0 Å². The summed E-state index contributed by atoms with van der Waals surface area (Å²) in [6.45, 7) is 5.73. The monoisotopic (exact) mass is 347 g/mol. The van der Waals surface area contributed by atoms with Crippen LogP contribution < -0.4 is 4.72 Å². The summed E-state index contributed by atoms with van der Waals surface area (Å²) in [6, 6.07) is 11.3. The van der Waals surface area contributed by atoms with Crippen LogP contribution in [-0.4, -0.2) is 21.5 Å². The van der Waals surface area contributed by atoms with Gasteiger partial charge in [0.1, 0.15) is 0 Å². The van der Waals surface area contributed by atoms with Crippen molar-refractivity contribution < 1.29 is 17.9 Å². The van der Waals surface area contributed by atoms with Gasteiger partial charge in [-0.15, -0.1) is 0 Å². The zero-order chi connectivity index (χ0) is 17.9. The van der Waals surface area contributed by atoms with E-state index in [0.717, 1.165) is 16.7 Å². The van der Waals surface area contributed by atoms with Crippen LogP contribution in [0.2, 0.25) is 0 Å². The second-order valence-electron chi connectivity index (χ2n) is 5.72. The summed E-state index contributed by atoms with van der Waals surface area (Å²) in [4.78, 5) is 11.6. The summed E-state index contributed by atoms with van der Waals surface area (Å²) in [5.74, 6) is -0.575. The fourth-order valence-electron chi connectivity index (χ4n) is 2.58. The summed E-state index contributed by atoms with van der Waals surface area (Å²) in [5, 5.41) is 0. The molecule has 1 N–H and O–H groups in total. The van der Waals surface area contributed by atoms with Gasteiger partial charge in [-0.3, -0.25) is 0 Å². The first-order valence-corrected chi connectivity index (χ1v) is 9.01. The number of rotatable bonds is 5. The number of sulfonamides is 1. The standard InChI is InChI=1S/C18H21NO4S/c1-12-8-9-17(13(2)10-12)14(3)19-24(21,22)16-7-5-6-15(11-16)18(20)23-4/h5-11,14,19H,1-4H3. The van der Waals surface area contributed by atoms with Crippen molar-refractivity contribution in [3.8, 4) is 0 Å². The van der Waals surface area contributed by atoms with Gasteiger partial charge in [0.25, 0.3) is 0 Å². The highest BCUT2D eigenvalue weighted by Crippen LogP contribution is 2.21. The predicted octanol–water partition coefficient (Wildman–Crippen LogP) is 3.13. The van der Waals surface area contributed by atoms with E-state index in [0.29, 0.717) is 0 Å². The van der Waals surface area contributed by atoms with Crippen LogP contribution in [0.4, 0.5) is 0 Å². The average molecular weight is 347 g/mol. The molecule has 1 unspecified atom stereocenters. The van der Waals surface area contributed by atoms with Crippen molar-refractivity contribution in [1.82, 2.24) is 4.72 Å². The predicted molar refractivity (Wildman–Crippen MR) is 92.4 cm³/mol.